The first-order valence-electron chi connectivity index (χ1n) is 11.8. The number of rotatable bonds is 9. The second-order valence-corrected chi connectivity index (χ2v) is 9.42. The van der Waals surface area contributed by atoms with E-state index in [2.05, 4.69) is 5.32 Å². The predicted molar refractivity (Wildman–Crippen MR) is 142 cm³/mol. The van der Waals surface area contributed by atoms with Crippen LogP contribution in [0.2, 0.25) is 0 Å². The van der Waals surface area contributed by atoms with Crippen LogP contribution in [-0.4, -0.2) is 28.5 Å². The zero-order chi connectivity index (χ0) is 27.3. The Hall–Kier alpha value is -3.62. The van der Waals surface area contributed by atoms with Crippen molar-refractivity contribution >= 4 is 18.6 Å². The van der Waals surface area contributed by atoms with Crippen molar-refractivity contribution in [1.82, 2.24) is 5.32 Å². The van der Waals surface area contributed by atoms with Gasteiger partial charge in [0.25, 0.3) is 0 Å². The van der Waals surface area contributed by atoms with Crippen LogP contribution in [-0.2, 0) is 10.2 Å². The van der Waals surface area contributed by atoms with Crippen LogP contribution < -0.4 is 5.32 Å². The van der Waals surface area contributed by atoms with Gasteiger partial charge in [-0.2, -0.15) is 25.8 Å². The predicted octanol–water partition coefficient (Wildman–Crippen LogP) is 6.80. The van der Waals surface area contributed by atoms with Gasteiger partial charge in [-0.25, -0.2) is 4.39 Å². The molecule has 2 N–H and O–H groups in total. The van der Waals surface area contributed by atoms with Gasteiger partial charge in [-0.15, -0.1) is 0 Å². The summed E-state index contributed by atoms with van der Waals surface area (Å²) in [6.45, 7) is 0. The molecule has 196 valence electrons. The molecule has 0 radical (unpaired) electrons. The highest BCUT2D eigenvalue weighted by molar-refractivity contribution is 7.81. The first kappa shape index (κ1) is 27.4. The molecule has 38 heavy (non-hydrogen) atoms. The number of alkyl halides is 3. The maximum Gasteiger partial charge on any atom is 0.407 e. The average molecular weight is 540 g/mol. The number of benzene rings is 4. The lowest BCUT2D eigenvalue weighted by molar-refractivity contribution is -0.163. The molecule has 0 aliphatic rings. The SMILES string of the molecule is O=C(O)C(N[C@@H](c1ccc(F)cc1)C(F)(F)F)C(S)C(c1ccccc1)(c1ccccc1)c1ccccc1. The maximum absolute atomic E-state index is 14.3. The molecule has 3 atom stereocenters. The molecule has 0 aliphatic heterocycles. The molecule has 3 nitrogen and oxygen atoms in total. The quantitative estimate of drug-likeness (QED) is 0.125. The molecule has 0 fully saturated rings. The molecule has 0 spiro atoms. The molecule has 0 saturated heterocycles. The third-order valence-corrected chi connectivity index (χ3v) is 7.28. The van der Waals surface area contributed by atoms with E-state index in [1.165, 1.54) is 0 Å². The third-order valence-electron chi connectivity index (χ3n) is 6.59. The molecule has 0 heterocycles. The molecule has 8 heteroatoms. The minimum atomic E-state index is -4.87. The summed E-state index contributed by atoms with van der Waals surface area (Å²) in [6.07, 6.45) is -4.87. The Morgan fingerprint density at radius 2 is 1.11 bits per heavy atom. The van der Waals surface area contributed by atoms with Crippen LogP contribution >= 0.6 is 12.6 Å². The van der Waals surface area contributed by atoms with Crippen LogP contribution in [0.15, 0.2) is 115 Å². The van der Waals surface area contributed by atoms with Crippen molar-refractivity contribution in [3.05, 3.63) is 143 Å². The first-order chi connectivity index (χ1) is 18.2. The molecule has 4 aromatic carbocycles. The Kier molecular flexibility index (Phi) is 8.23. The van der Waals surface area contributed by atoms with E-state index in [0.29, 0.717) is 16.7 Å². The molecule has 0 saturated carbocycles. The summed E-state index contributed by atoms with van der Waals surface area (Å²) in [4.78, 5) is 12.7. The van der Waals surface area contributed by atoms with E-state index < -0.39 is 40.7 Å². The molecular weight excluding hydrogens is 514 g/mol. The summed E-state index contributed by atoms with van der Waals surface area (Å²) < 4.78 is 56.3. The Morgan fingerprint density at radius 3 is 1.45 bits per heavy atom. The van der Waals surface area contributed by atoms with Gasteiger partial charge in [0.05, 0.1) is 5.41 Å². The fourth-order valence-corrected chi connectivity index (χ4v) is 5.54. The number of carbonyl (C=O) groups is 1. The number of thiol groups is 1. The first-order valence-corrected chi connectivity index (χ1v) is 12.3. The largest absolute Gasteiger partial charge is 0.480 e. The lowest BCUT2D eigenvalue weighted by atomic mass is 9.65. The number of nitrogens with one attached hydrogen (secondary N) is 1. The van der Waals surface area contributed by atoms with Crippen LogP contribution in [0.4, 0.5) is 17.6 Å². The number of halogens is 4. The number of hydrogen-bond acceptors (Lipinski definition) is 3. The van der Waals surface area contributed by atoms with Gasteiger partial charge in [-0.3, -0.25) is 10.1 Å². The molecule has 4 aromatic rings. The van der Waals surface area contributed by atoms with E-state index in [0.717, 1.165) is 24.3 Å². The third kappa shape index (κ3) is 5.47. The highest BCUT2D eigenvalue weighted by Gasteiger charge is 2.51. The summed E-state index contributed by atoms with van der Waals surface area (Å²) >= 11 is 4.81. The van der Waals surface area contributed by atoms with Gasteiger partial charge in [0.2, 0.25) is 0 Å². The van der Waals surface area contributed by atoms with Crippen molar-refractivity contribution in [1.29, 1.82) is 0 Å². The number of carboxylic acid groups (broad SMARTS) is 1. The fourth-order valence-electron chi connectivity index (χ4n) is 4.88. The lowest BCUT2D eigenvalue weighted by Gasteiger charge is -2.43. The van der Waals surface area contributed by atoms with E-state index in [1.807, 2.05) is 36.4 Å². The highest BCUT2D eigenvalue weighted by atomic mass is 32.1. The Labute approximate surface area is 223 Å². The monoisotopic (exact) mass is 539 g/mol. The standard InChI is InChI=1S/C30H25F4NO2S/c31-24-18-16-20(17-19-24)26(30(32,33)34)35-25(28(36)37)27(38)29(21-10-4-1-5-11-21,22-12-6-2-7-13-22)23-14-8-3-9-15-23/h1-19,25-27,35,38H,(H,36,37)/t25?,26-,27?/m0/s1. The number of carboxylic acids is 1. The van der Waals surface area contributed by atoms with Crippen molar-refractivity contribution < 1.29 is 27.5 Å². The number of hydrogen-bond donors (Lipinski definition) is 3. The van der Waals surface area contributed by atoms with E-state index in [-0.39, 0.29) is 5.56 Å². The Bertz CT molecular complexity index is 1240. The summed E-state index contributed by atoms with van der Waals surface area (Å²) in [5, 5.41) is 11.4. The molecule has 2 unspecified atom stereocenters. The molecule has 0 bridgehead atoms. The van der Waals surface area contributed by atoms with E-state index >= 15 is 0 Å². The smallest absolute Gasteiger partial charge is 0.407 e. The molecular formula is C30H25F4NO2S. The van der Waals surface area contributed by atoms with Gasteiger partial charge in [0.1, 0.15) is 17.9 Å². The second kappa shape index (κ2) is 11.4. The van der Waals surface area contributed by atoms with Gasteiger partial charge in [-0.05, 0) is 34.4 Å². The van der Waals surface area contributed by atoms with E-state index in [4.69, 9.17) is 12.6 Å². The van der Waals surface area contributed by atoms with Gasteiger partial charge in [0.15, 0.2) is 0 Å². The summed E-state index contributed by atoms with van der Waals surface area (Å²) in [7, 11) is 0. The van der Waals surface area contributed by atoms with Gasteiger partial charge >= 0.3 is 12.1 Å². The van der Waals surface area contributed by atoms with Crippen molar-refractivity contribution in [2.45, 2.75) is 28.9 Å². The van der Waals surface area contributed by atoms with Gasteiger partial charge in [-0.1, -0.05) is 103 Å². The Morgan fingerprint density at radius 1 is 0.711 bits per heavy atom. The number of aliphatic carboxylic acids is 1. The normalized spacial score (nSPS) is 14.4. The van der Waals surface area contributed by atoms with Crippen LogP contribution in [0, 0.1) is 5.82 Å². The minimum absolute atomic E-state index is 0.310. The van der Waals surface area contributed by atoms with Crippen LogP contribution in [0.1, 0.15) is 28.3 Å². The minimum Gasteiger partial charge on any atom is -0.480 e. The molecule has 0 aromatic heterocycles. The lowest BCUT2D eigenvalue weighted by Crippen LogP contribution is -2.56. The summed E-state index contributed by atoms with van der Waals surface area (Å²) in [5.74, 6) is -2.21. The van der Waals surface area contributed by atoms with Crippen molar-refractivity contribution in [3.8, 4) is 0 Å². The van der Waals surface area contributed by atoms with Crippen LogP contribution in [0.25, 0.3) is 0 Å². The zero-order valence-electron chi connectivity index (χ0n) is 20.0. The topological polar surface area (TPSA) is 49.3 Å². The van der Waals surface area contributed by atoms with Gasteiger partial charge in [0, 0.05) is 5.25 Å². The fraction of sp³-hybridized carbons (Fsp3) is 0.167. The zero-order valence-corrected chi connectivity index (χ0v) is 20.9. The second-order valence-electron chi connectivity index (χ2n) is 8.86. The van der Waals surface area contributed by atoms with Crippen LogP contribution in [0.3, 0.4) is 0 Å². The Balaban J connectivity index is 1.93. The van der Waals surface area contributed by atoms with Crippen molar-refractivity contribution in [3.63, 3.8) is 0 Å². The average Bonchev–Trinajstić information content (AvgIpc) is 2.91. The van der Waals surface area contributed by atoms with Gasteiger partial charge < -0.3 is 5.11 Å². The van der Waals surface area contributed by atoms with Crippen molar-refractivity contribution in [2.75, 3.05) is 0 Å². The summed E-state index contributed by atoms with van der Waals surface area (Å²) in [5.41, 5.74) is 0.416. The highest BCUT2D eigenvalue weighted by Crippen LogP contribution is 2.46. The summed E-state index contributed by atoms with van der Waals surface area (Å²) in [6, 6.07) is 26.6. The van der Waals surface area contributed by atoms with Crippen LogP contribution in [0.5, 0.6) is 0 Å². The molecule has 0 aliphatic carbocycles. The van der Waals surface area contributed by atoms with Crippen molar-refractivity contribution in [2.24, 2.45) is 0 Å². The molecule has 4 rings (SSSR count). The van der Waals surface area contributed by atoms with E-state index in [1.54, 1.807) is 54.6 Å². The maximum atomic E-state index is 14.3. The van der Waals surface area contributed by atoms with E-state index in [9.17, 15) is 27.5 Å². The molecule has 0 amide bonds.